The van der Waals surface area contributed by atoms with Gasteiger partial charge in [-0.15, -0.1) is 0 Å². The number of benzene rings is 1. The van der Waals surface area contributed by atoms with E-state index in [1.165, 1.54) is 31.2 Å². The SMILES string of the molecule is CC(=O)N[C@H](Cc1ccc(F)cc1)C(=O)N[C@@H](C(N)=O)[C@@H](C)CC#N. The van der Waals surface area contributed by atoms with Crippen LogP contribution in [0.4, 0.5) is 4.39 Å². The number of carbonyl (C=O) groups excluding carboxylic acids is 3. The van der Waals surface area contributed by atoms with Crippen molar-refractivity contribution in [3.05, 3.63) is 35.6 Å². The second kappa shape index (κ2) is 9.37. The molecular weight excluding hydrogens is 327 g/mol. The molecule has 0 unspecified atom stereocenters. The Bertz CT molecular complexity index is 669. The monoisotopic (exact) mass is 348 g/mol. The number of nitrogens with zero attached hydrogens (tertiary/aromatic N) is 1. The van der Waals surface area contributed by atoms with E-state index in [9.17, 15) is 18.8 Å². The Morgan fingerprint density at radius 1 is 1.24 bits per heavy atom. The smallest absolute Gasteiger partial charge is 0.243 e. The maximum atomic E-state index is 13.0. The Morgan fingerprint density at radius 3 is 2.32 bits per heavy atom. The number of amides is 3. The molecule has 1 aromatic carbocycles. The lowest BCUT2D eigenvalue weighted by atomic mass is 9.97. The lowest BCUT2D eigenvalue weighted by Crippen LogP contribution is -2.55. The fraction of sp³-hybridized carbons (Fsp3) is 0.412. The Hall–Kier alpha value is -2.95. The number of nitrogens with two attached hydrogens (primary N) is 1. The number of halogens is 1. The maximum Gasteiger partial charge on any atom is 0.243 e. The van der Waals surface area contributed by atoms with Crippen molar-refractivity contribution in [2.45, 2.75) is 38.8 Å². The van der Waals surface area contributed by atoms with E-state index in [4.69, 9.17) is 11.0 Å². The summed E-state index contributed by atoms with van der Waals surface area (Å²) in [7, 11) is 0. The van der Waals surface area contributed by atoms with Crippen molar-refractivity contribution in [3.8, 4) is 6.07 Å². The summed E-state index contributed by atoms with van der Waals surface area (Å²) in [5.74, 6) is -2.69. The van der Waals surface area contributed by atoms with Crippen LogP contribution in [0.3, 0.4) is 0 Å². The molecule has 25 heavy (non-hydrogen) atoms. The lowest BCUT2D eigenvalue weighted by molar-refractivity contribution is -0.131. The number of hydrogen-bond donors (Lipinski definition) is 3. The fourth-order valence-electron chi connectivity index (χ4n) is 2.32. The van der Waals surface area contributed by atoms with Gasteiger partial charge in [-0.25, -0.2) is 4.39 Å². The summed E-state index contributed by atoms with van der Waals surface area (Å²) in [6.45, 7) is 2.88. The van der Waals surface area contributed by atoms with Gasteiger partial charge in [-0.05, 0) is 23.6 Å². The van der Waals surface area contributed by atoms with E-state index in [0.717, 1.165) is 0 Å². The van der Waals surface area contributed by atoms with Gasteiger partial charge in [0.25, 0.3) is 0 Å². The second-order valence-electron chi connectivity index (χ2n) is 5.81. The number of hydrogen-bond acceptors (Lipinski definition) is 4. The van der Waals surface area contributed by atoms with Crippen LogP contribution in [0.15, 0.2) is 24.3 Å². The molecule has 1 aromatic rings. The first-order valence-corrected chi connectivity index (χ1v) is 7.72. The highest BCUT2D eigenvalue weighted by molar-refractivity contribution is 5.91. The summed E-state index contributed by atoms with van der Waals surface area (Å²) >= 11 is 0. The predicted molar refractivity (Wildman–Crippen MR) is 88.2 cm³/mol. The average molecular weight is 348 g/mol. The van der Waals surface area contributed by atoms with E-state index in [1.54, 1.807) is 6.92 Å². The number of primary amides is 1. The lowest BCUT2D eigenvalue weighted by Gasteiger charge is -2.24. The van der Waals surface area contributed by atoms with Gasteiger partial charge in [0.2, 0.25) is 17.7 Å². The third-order valence-corrected chi connectivity index (χ3v) is 3.63. The van der Waals surface area contributed by atoms with Gasteiger partial charge in [-0.3, -0.25) is 14.4 Å². The highest BCUT2D eigenvalue weighted by Gasteiger charge is 2.28. The molecule has 134 valence electrons. The van der Waals surface area contributed by atoms with E-state index >= 15 is 0 Å². The summed E-state index contributed by atoms with van der Waals surface area (Å²) in [5, 5.41) is 13.7. The molecule has 0 aromatic heterocycles. The van der Waals surface area contributed by atoms with Crippen molar-refractivity contribution in [1.82, 2.24) is 10.6 Å². The van der Waals surface area contributed by atoms with E-state index < -0.39 is 41.5 Å². The van der Waals surface area contributed by atoms with Gasteiger partial charge in [0.15, 0.2) is 0 Å². The molecule has 0 aliphatic carbocycles. The Balaban J connectivity index is 2.91. The van der Waals surface area contributed by atoms with Crippen LogP contribution in [-0.2, 0) is 20.8 Å². The molecule has 0 saturated heterocycles. The van der Waals surface area contributed by atoms with Crippen molar-refractivity contribution < 1.29 is 18.8 Å². The largest absolute Gasteiger partial charge is 0.368 e. The molecule has 8 heteroatoms. The molecule has 3 amide bonds. The number of rotatable bonds is 8. The molecule has 1 rings (SSSR count). The van der Waals surface area contributed by atoms with E-state index in [2.05, 4.69) is 10.6 Å². The van der Waals surface area contributed by atoms with Crippen molar-refractivity contribution >= 4 is 17.7 Å². The summed E-state index contributed by atoms with van der Waals surface area (Å²) < 4.78 is 13.0. The maximum absolute atomic E-state index is 13.0. The minimum absolute atomic E-state index is 0.0383. The zero-order valence-electron chi connectivity index (χ0n) is 14.1. The predicted octanol–water partition coefficient (Wildman–Crippen LogP) is 0.393. The van der Waals surface area contributed by atoms with E-state index in [1.807, 2.05) is 6.07 Å². The van der Waals surface area contributed by atoms with Gasteiger partial charge in [0.05, 0.1) is 6.07 Å². The molecule has 0 heterocycles. The Labute approximate surface area is 145 Å². The van der Waals surface area contributed by atoms with Crippen molar-refractivity contribution in [3.63, 3.8) is 0 Å². The first kappa shape index (κ1) is 20.1. The molecule has 7 nitrogen and oxygen atoms in total. The molecule has 0 radical (unpaired) electrons. The molecule has 4 N–H and O–H groups in total. The van der Waals surface area contributed by atoms with Crippen LogP contribution in [0, 0.1) is 23.1 Å². The normalized spacial score (nSPS) is 13.8. The van der Waals surface area contributed by atoms with Crippen LogP contribution in [0.2, 0.25) is 0 Å². The number of nitrogens with one attached hydrogen (secondary N) is 2. The third kappa shape index (κ3) is 6.59. The highest BCUT2D eigenvalue weighted by atomic mass is 19.1. The minimum atomic E-state index is -1.03. The van der Waals surface area contributed by atoms with Gasteiger partial charge in [-0.1, -0.05) is 19.1 Å². The first-order valence-electron chi connectivity index (χ1n) is 7.72. The third-order valence-electron chi connectivity index (χ3n) is 3.63. The Morgan fingerprint density at radius 2 is 1.84 bits per heavy atom. The zero-order chi connectivity index (χ0) is 19.0. The topological polar surface area (TPSA) is 125 Å². The standard InChI is InChI=1S/C17H21FN4O3/c1-10(7-8-19)15(16(20)24)22-17(25)14(21-11(2)23)9-12-3-5-13(18)6-4-12/h3-6,10,14-15H,7,9H2,1-2H3,(H2,20,24)(H,21,23)(H,22,25)/t10-,14+,15+/m0/s1. The van der Waals surface area contributed by atoms with Gasteiger partial charge in [0, 0.05) is 19.8 Å². The van der Waals surface area contributed by atoms with Crippen LogP contribution in [-0.4, -0.2) is 29.8 Å². The second-order valence-corrected chi connectivity index (χ2v) is 5.81. The molecule has 0 spiro atoms. The van der Waals surface area contributed by atoms with Gasteiger partial charge in [-0.2, -0.15) is 5.26 Å². The van der Waals surface area contributed by atoms with Gasteiger partial charge < -0.3 is 16.4 Å². The number of nitriles is 1. The summed E-state index contributed by atoms with van der Waals surface area (Å²) in [6.07, 6.45) is 0.153. The first-order chi connectivity index (χ1) is 11.7. The summed E-state index contributed by atoms with van der Waals surface area (Å²) in [5.41, 5.74) is 5.93. The highest BCUT2D eigenvalue weighted by Crippen LogP contribution is 2.10. The molecule has 3 atom stereocenters. The van der Waals surface area contributed by atoms with Crippen molar-refractivity contribution in [2.24, 2.45) is 11.7 Å². The minimum Gasteiger partial charge on any atom is -0.368 e. The summed E-state index contributed by atoms with van der Waals surface area (Å²) in [4.78, 5) is 35.4. The summed E-state index contributed by atoms with van der Waals surface area (Å²) in [6, 6.07) is 5.43. The fourth-order valence-corrected chi connectivity index (χ4v) is 2.32. The van der Waals surface area contributed by atoms with Crippen LogP contribution < -0.4 is 16.4 Å². The molecule has 0 aliphatic rings. The zero-order valence-corrected chi connectivity index (χ0v) is 14.1. The molecule has 0 aliphatic heterocycles. The van der Waals surface area contributed by atoms with Crippen molar-refractivity contribution in [2.75, 3.05) is 0 Å². The quantitative estimate of drug-likeness (QED) is 0.628. The molecular formula is C17H21FN4O3. The van der Waals surface area contributed by atoms with Gasteiger partial charge >= 0.3 is 0 Å². The molecule has 0 fully saturated rings. The van der Waals surface area contributed by atoms with Crippen molar-refractivity contribution in [1.29, 1.82) is 5.26 Å². The van der Waals surface area contributed by atoms with Crippen LogP contribution >= 0.6 is 0 Å². The molecule has 0 saturated carbocycles. The van der Waals surface area contributed by atoms with E-state index in [0.29, 0.717) is 5.56 Å². The average Bonchev–Trinajstić information content (AvgIpc) is 2.53. The van der Waals surface area contributed by atoms with Crippen LogP contribution in [0.1, 0.15) is 25.8 Å². The molecule has 0 bridgehead atoms. The Kier molecular flexibility index (Phi) is 7.53. The number of carbonyl (C=O) groups is 3. The van der Waals surface area contributed by atoms with Crippen LogP contribution in [0.5, 0.6) is 0 Å². The van der Waals surface area contributed by atoms with Gasteiger partial charge in [0.1, 0.15) is 17.9 Å². The van der Waals surface area contributed by atoms with Crippen LogP contribution in [0.25, 0.3) is 0 Å². The van der Waals surface area contributed by atoms with E-state index in [-0.39, 0.29) is 12.8 Å².